The van der Waals surface area contributed by atoms with E-state index in [1.165, 1.54) is 14.2 Å². The quantitative estimate of drug-likeness (QED) is 0.197. The maximum atomic E-state index is 12.0. The third kappa shape index (κ3) is 13.1. The number of para-hydroxylation sites is 2. The number of nitrogens with zero attached hydrogens (tertiary/aromatic N) is 1. The minimum Gasteiger partial charge on any atom is -0.469 e. The first-order chi connectivity index (χ1) is 20.8. The lowest BCUT2D eigenvalue weighted by Gasteiger charge is -2.40. The maximum Gasteiger partial charge on any atom is 0.312 e. The summed E-state index contributed by atoms with van der Waals surface area (Å²) in [4.78, 5) is 25.0. The molecule has 0 saturated carbocycles. The zero-order chi connectivity index (χ0) is 33.3. The molecule has 0 aliphatic carbocycles. The van der Waals surface area contributed by atoms with E-state index in [0.29, 0.717) is 23.8 Å². The number of aliphatic hydroxyl groups is 1. The Labute approximate surface area is 281 Å². The molecule has 2 N–H and O–H groups in total. The molecule has 1 heterocycles. The van der Waals surface area contributed by atoms with Gasteiger partial charge in [0.25, 0.3) is 0 Å². The normalized spacial score (nSPS) is 18.4. The predicted molar refractivity (Wildman–Crippen MR) is 187 cm³/mol. The summed E-state index contributed by atoms with van der Waals surface area (Å²) in [7, 11) is 2.82. The van der Waals surface area contributed by atoms with Gasteiger partial charge in [-0.05, 0) is 64.8 Å². The summed E-state index contributed by atoms with van der Waals surface area (Å²) < 4.78 is 15.5. The Balaban J connectivity index is 0.000000363. The van der Waals surface area contributed by atoms with E-state index in [-0.39, 0.29) is 41.5 Å². The fraction of sp³-hybridized carbons (Fsp3) is 0.588. The topological polar surface area (TPSA) is 97.3 Å². The molecule has 1 saturated heterocycles. The molecule has 0 amide bonds. The van der Waals surface area contributed by atoms with E-state index in [9.17, 15) is 14.7 Å². The van der Waals surface area contributed by atoms with Crippen LogP contribution in [0.2, 0.25) is 0 Å². The van der Waals surface area contributed by atoms with Gasteiger partial charge in [-0.2, -0.15) is 0 Å². The summed E-state index contributed by atoms with van der Waals surface area (Å²) in [6.45, 7) is 13.1. The van der Waals surface area contributed by atoms with Gasteiger partial charge in [0.1, 0.15) is 0 Å². The lowest BCUT2D eigenvalue weighted by Crippen LogP contribution is -2.49. The molecular weight excluding hydrogens is 692 g/mol. The second-order valence-corrected chi connectivity index (χ2v) is 13.0. The van der Waals surface area contributed by atoms with Crippen LogP contribution in [0.15, 0.2) is 60.7 Å². The number of rotatable bonds is 10. The van der Waals surface area contributed by atoms with Crippen LogP contribution in [0.4, 0.5) is 11.4 Å². The molecule has 1 fully saturated rings. The van der Waals surface area contributed by atoms with Crippen LogP contribution >= 0.6 is 31.9 Å². The van der Waals surface area contributed by atoms with E-state index >= 15 is 0 Å². The number of anilines is 2. The minimum atomic E-state index is -0.690. The molecule has 10 heteroatoms. The van der Waals surface area contributed by atoms with Gasteiger partial charge < -0.3 is 29.5 Å². The van der Waals surface area contributed by atoms with Crippen LogP contribution in [0.25, 0.3) is 0 Å². The number of esters is 2. The number of ether oxygens (including phenoxy) is 3. The van der Waals surface area contributed by atoms with Crippen molar-refractivity contribution in [2.24, 2.45) is 11.8 Å². The van der Waals surface area contributed by atoms with Crippen LogP contribution in [-0.4, -0.2) is 78.4 Å². The molecule has 0 spiro atoms. The van der Waals surface area contributed by atoms with Gasteiger partial charge >= 0.3 is 11.9 Å². The summed E-state index contributed by atoms with van der Waals surface area (Å²) >= 11 is 6.37. The van der Waals surface area contributed by atoms with E-state index in [1.54, 1.807) is 0 Å². The molecule has 3 atom stereocenters. The molecule has 1 aliphatic rings. The second kappa shape index (κ2) is 20.1. The van der Waals surface area contributed by atoms with Crippen LogP contribution in [0, 0.1) is 11.8 Å². The molecule has 1 aliphatic heterocycles. The molecule has 248 valence electrons. The van der Waals surface area contributed by atoms with Gasteiger partial charge in [-0.1, -0.05) is 82.1 Å². The third-order valence-electron chi connectivity index (χ3n) is 7.54. The van der Waals surface area contributed by atoms with Crippen LogP contribution in [0.5, 0.6) is 0 Å². The third-order valence-corrected chi connectivity index (χ3v) is 9.11. The fourth-order valence-corrected chi connectivity index (χ4v) is 6.58. The highest BCUT2D eigenvalue weighted by atomic mass is 79.9. The number of carbonyl (C=O) groups is 2. The molecule has 2 aromatic carbocycles. The highest BCUT2D eigenvalue weighted by Crippen LogP contribution is 2.32. The van der Waals surface area contributed by atoms with Crippen molar-refractivity contribution in [2.45, 2.75) is 77.7 Å². The highest BCUT2D eigenvalue weighted by molar-refractivity contribution is 9.09. The number of nitrogens with one attached hydrogen (secondary N) is 1. The smallest absolute Gasteiger partial charge is 0.312 e. The number of carbonyl (C=O) groups excluding carboxylic acids is 2. The van der Waals surface area contributed by atoms with Crippen molar-refractivity contribution >= 4 is 55.2 Å². The molecule has 0 radical (unpaired) electrons. The van der Waals surface area contributed by atoms with Gasteiger partial charge in [0.05, 0.1) is 55.9 Å². The highest BCUT2D eigenvalue weighted by Gasteiger charge is 2.40. The largest absolute Gasteiger partial charge is 0.469 e. The van der Waals surface area contributed by atoms with Gasteiger partial charge in [0.2, 0.25) is 0 Å². The van der Waals surface area contributed by atoms with Gasteiger partial charge in [0, 0.05) is 28.6 Å². The van der Waals surface area contributed by atoms with Crippen LogP contribution in [0.1, 0.15) is 54.4 Å². The second-order valence-electron chi connectivity index (χ2n) is 11.7. The molecule has 0 aromatic heterocycles. The summed E-state index contributed by atoms with van der Waals surface area (Å²) in [5.74, 6) is -0.701. The number of hydrogen-bond acceptors (Lipinski definition) is 8. The van der Waals surface area contributed by atoms with Crippen molar-refractivity contribution in [3.8, 4) is 0 Å². The molecule has 8 nitrogen and oxygen atoms in total. The standard InChI is InChI=1S/C17H25NO3.C12H19NO.C5H8Br2O2/c1-5-15-17(2,3)21-12-13(16(19)20-4)11-18(15)14-9-7-6-8-10-14;1-4-11(12(2,3)14)13-10-8-6-5-7-9-10;1-9-5(8)4(2-6)3-7/h6-10,13,15H,5,11-12H2,1-4H3;5-9,11,13-14H,4H2,1-3H3;4H,2-3H2,1H3. The number of halogens is 2. The number of benzene rings is 2. The van der Waals surface area contributed by atoms with Gasteiger partial charge in [-0.25, -0.2) is 0 Å². The Hall–Kier alpha value is -2.14. The molecular formula is C34H52Br2N2O6. The van der Waals surface area contributed by atoms with E-state index < -0.39 is 5.60 Å². The van der Waals surface area contributed by atoms with Crippen molar-refractivity contribution in [3.05, 3.63) is 60.7 Å². The Morgan fingerprint density at radius 2 is 1.57 bits per heavy atom. The van der Waals surface area contributed by atoms with Crippen molar-refractivity contribution in [2.75, 3.05) is 48.2 Å². The Kier molecular flexibility index (Phi) is 18.2. The zero-order valence-corrected chi connectivity index (χ0v) is 30.7. The van der Waals surface area contributed by atoms with E-state index in [0.717, 1.165) is 24.2 Å². The van der Waals surface area contributed by atoms with E-state index in [2.05, 4.69) is 86.6 Å². The number of hydrogen-bond donors (Lipinski definition) is 2. The number of methoxy groups -OCH3 is 2. The van der Waals surface area contributed by atoms with E-state index in [1.807, 2.05) is 62.4 Å². The summed E-state index contributed by atoms with van der Waals surface area (Å²) in [5.41, 5.74) is 1.18. The summed E-state index contributed by atoms with van der Waals surface area (Å²) in [6, 6.07) is 20.5. The van der Waals surface area contributed by atoms with Gasteiger partial charge in [-0.3, -0.25) is 9.59 Å². The lowest BCUT2D eigenvalue weighted by molar-refractivity contribution is -0.148. The monoisotopic (exact) mass is 742 g/mol. The van der Waals surface area contributed by atoms with Crippen LogP contribution in [0.3, 0.4) is 0 Å². The lowest BCUT2D eigenvalue weighted by atomic mass is 9.94. The minimum absolute atomic E-state index is 0.0602. The van der Waals surface area contributed by atoms with Crippen LogP contribution < -0.4 is 10.2 Å². The Bertz CT molecular complexity index is 1080. The maximum absolute atomic E-state index is 12.0. The molecule has 44 heavy (non-hydrogen) atoms. The van der Waals surface area contributed by atoms with Crippen molar-refractivity contribution in [1.29, 1.82) is 0 Å². The van der Waals surface area contributed by atoms with Crippen molar-refractivity contribution in [3.63, 3.8) is 0 Å². The van der Waals surface area contributed by atoms with Crippen LogP contribution in [-0.2, 0) is 23.8 Å². The summed E-state index contributed by atoms with van der Waals surface area (Å²) in [5, 5.41) is 14.5. The SMILES string of the molecule is CCC(Nc1ccccc1)C(C)(C)O.CCC1N(c2ccccc2)CC(C(=O)OC)COC1(C)C.COC(=O)C(CBr)CBr. The first-order valence-corrected chi connectivity index (χ1v) is 17.3. The molecule has 3 unspecified atom stereocenters. The first kappa shape index (κ1) is 39.9. The predicted octanol–water partition coefficient (Wildman–Crippen LogP) is 7.08. The fourth-order valence-electron chi connectivity index (χ4n) is 4.98. The summed E-state index contributed by atoms with van der Waals surface area (Å²) in [6.07, 6.45) is 1.86. The zero-order valence-electron chi connectivity index (χ0n) is 27.5. The Morgan fingerprint density at radius 1 is 1.02 bits per heavy atom. The molecule has 3 rings (SSSR count). The van der Waals surface area contributed by atoms with Gasteiger partial charge in [0.15, 0.2) is 0 Å². The average molecular weight is 745 g/mol. The van der Waals surface area contributed by atoms with Crippen molar-refractivity contribution in [1.82, 2.24) is 0 Å². The number of alkyl halides is 2. The van der Waals surface area contributed by atoms with E-state index in [4.69, 9.17) is 9.47 Å². The Morgan fingerprint density at radius 3 is 1.98 bits per heavy atom. The first-order valence-electron chi connectivity index (χ1n) is 15.1. The molecule has 0 bridgehead atoms. The average Bonchev–Trinajstić information content (AvgIpc) is 3.16. The van der Waals surface area contributed by atoms with Gasteiger partial charge in [-0.15, -0.1) is 0 Å². The van der Waals surface area contributed by atoms with Crippen molar-refractivity contribution < 1.29 is 28.9 Å². The molecule has 2 aromatic rings.